The molecule has 1 N–H and O–H groups in total. The van der Waals surface area contributed by atoms with Crippen LogP contribution in [0, 0.1) is 0 Å². The first-order valence-electron chi connectivity index (χ1n) is 5.35. The Hall–Kier alpha value is -2.11. The van der Waals surface area contributed by atoms with Gasteiger partial charge >= 0.3 is 6.09 Å². The fourth-order valence-corrected chi connectivity index (χ4v) is 1.24. The molecule has 1 heterocycles. The van der Waals surface area contributed by atoms with E-state index in [1.807, 2.05) is 0 Å². The Morgan fingerprint density at radius 1 is 1.44 bits per heavy atom. The Labute approximate surface area is 105 Å². The minimum atomic E-state index is -0.670. The molecule has 1 rings (SSSR count). The highest BCUT2D eigenvalue weighted by atomic mass is 16.6. The van der Waals surface area contributed by atoms with E-state index in [1.165, 1.54) is 19.4 Å². The zero-order chi connectivity index (χ0) is 13.8. The number of aldehydes is 1. The molecule has 0 bridgehead atoms. The molecular formula is C12H16N2O4. The van der Waals surface area contributed by atoms with Gasteiger partial charge in [-0.1, -0.05) is 0 Å². The number of amides is 1. The van der Waals surface area contributed by atoms with Crippen molar-refractivity contribution >= 4 is 18.1 Å². The number of ether oxygens (including phenoxy) is 2. The van der Waals surface area contributed by atoms with Crippen LogP contribution in [-0.2, 0) is 4.74 Å². The molecule has 0 saturated carbocycles. The fraction of sp³-hybridized carbons (Fsp3) is 0.417. The molecule has 0 spiro atoms. The molecule has 0 aliphatic carbocycles. The lowest BCUT2D eigenvalue weighted by Crippen LogP contribution is -2.27. The van der Waals surface area contributed by atoms with E-state index in [4.69, 9.17) is 9.47 Å². The van der Waals surface area contributed by atoms with E-state index in [9.17, 15) is 9.59 Å². The van der Waals surface area contributed by atoms with E-state index in [0.717, 1.165) is 0 Å². The maximum absolute atomic E-state index is 11.6. The van der Waals surface area contributed by atoms with E-state index >= 15 is 0 Å². The molecule has 0 fully saturated rings. The van der Waals surface area contributed by atoms with Gasteiger partial charge in [0.2, 0.25) is 5.88 Å². The number of nitrogens with zero attached hydrogens (tertiary/aromatic N) is 1. The number of carbonyl (C=O) groups is 2. The van der Waals surface area contributed by atoms with Crippen LogP contribution >= 0.6 is 0 Å². The summed E-state index contributed by atoms with van der Waals surface area (Å²) >= 11 is 0. The van der Waals surface area contributed by atoms with Crippen molar-refractivity contribution in [2.75, 3.05) is 12.4 Å². The van der Waals surface area contributed by atoms with Crippen molar-refractivity contribution in [2.45, 2.75) is 26.4 Å². The summed E-state index contributed by atoms with van der Waals surface area (Å²) in [4.78, 5) is 26.4. The van der Waals surface area contributed by atoms with E-state index in [2.05, 4.69) is 10.3 Å². The molecule has 0 radical (unpaired) electrons. The largest absolute Gasteiger partial charge is 0.479 e. The van der Waals surface area contributed by atoms with Crippen LogP contribution in [0.25, 0.3) is 0 Å². The molecule has 0 saturated heterocycles. The molecule has 0 unspecified atom stereocenters. The number of rotatable bonds is 3. The molecule has 1 aromatic heterocycles. The highest BCUT2D eigenvalue weighted by Gasteiger charge is 2.19. The van der Waals surface area contributed by atoms with Crippen LogP contribution in [0.2, 0.25) is 0 Å². The molecule has 6 nitrogen and oxygen atoms in total. The summed E-state index contributed by atoms with van der Waals surface area (Å²) in [6, 6.07) is 1.47. The highest BCUT2D eigenvalue weighted by Crippen LogP contribution is 2.25. The molecule has 98 valence electrons. The van der Waals surface area contributed by atoms with Crippen LogP contribution in [0.3, 0.4) is 0 Å². The van der Waals surface area contributed by atoms with Gasteiger partial charge in [0.25, 0.3) is 0 Å². The maximum atomic E-state index is 11.6. The summed E-state index contributed by atoms with van der Waals surface area (Å²) in [6.07, 6.45) is 1.36. The lowest BCUT2D eigenvalue weighted by Gasteiger charge is -2.20. The van der Waals surface area contributed by atoms with Gasteiger partial charge in [0.15, 0.2) is 6.29 Å². The second-order valence-corrected chi connectivity index (χ2v) is 4.53. The van der Waals surface area contributed by atoms with Gasteiger partial charge in [0.1, 0.15) is 11.3 Å². The Morgan fingerprint density at radius 3 is 2.61 bits per heavy atom. The second-order valence-electron chi connectivity index (χ2n) is 4.53. The van der Waals surface area contributed by atoms with Crippen molar-refractivity contribution in [3.63, 3.8) is 0 Å². The molecule has 6 heteroatoms. The Morgan fingerprint density at radius 2 is 2.11 bits per heavy atom. The first-order chi connectivity index (χ1) is 8.37. The number of carbonyl (C=O) groups excluding carboxylic acids is 2. The average molecular weight is 252 g/mol. The minimum absolute atomic E-state index is 0.158. The van der Waals surface area contributed by atoms with Crippen molar-refractivity contribution in [1.29, 1.82) is 0 Å². The average Bonchev–Trinajstić information content (AvgIpc) is 2.26. The lowest BCUT2D eigenvalue weighted by molar-refractivity contribution is 0.0635. The van der Waals surface area contributed by atoms with Crippen LogP contribution < -0.4 is 10.1 Å². The number of pyridine rings is 1. The van der Waals surface area contributed by atoms with Gasteiger partial charge in [0.05, 0.1) is 7.11 Å². The monoisotopic (exact) mass is 252 g/mol. The van der Waals surface area contributed by atoms with Crippen LogP contribution in [0.15, 0.2) is 12.3 Å². The molecule has 0 atom stereocenters. The van der Waals surface area contributed by atoms with Crippen molar-refractivity contribution in [3.05, 3.63) is 17.8 Å². The minimum Gasteiger partial charge on any atom is -0.479 e. The third-order valence-electron chi connectivity index (χ3n) is 1.89. The Kier molecular flexibility index (Phi) is 4.25. The number of anilines is 1. The Balaban J connectivity index is 2.95. The predicted molar refractivity (Wildman–Crippen MR) is 66.0 cm³/mol. The van der Waals surface area contributed by atoms with Crippen molar-refractivity contribution in [3.8, 4) is 5.88 Å². The molecule has 0 aliphatic heterocycles. The summed E-state index contributed by atoms with van der Waals surface area (Å²) in [5.41, 5.74) is -0.155. The quantitative estimate of drug-likeness (QED) is 0.835. The number of hydrogen-bond acceptors (Lipinski definition) is 5. The first kappa shape index (κ1) is 14.0. The normalized spacial score (nSPS) is 10.7. The summed E-state index contributed by atoms with van der Waals surface area (Å²) in [7, 11) is 1.40. The molecule has 1 amide bonds. The smallest absolute Gasteiger partial charge is 0.412 e. The number of hydrogen-bond donors (Lipinski definition) is 1. The summed E-state index contributed by atoms with van der Waals surface area (Å²) in [5.74, 6) is 0.158. The zero-order valence-electron chi connectivity index (χ0n) is 10.8. The fourth-order valence-electron chi connectivity index (χ4n) is 1.24. The highest BCUT2D eigenvalue weighted by molar-refractivity contribution is 5.95. The maximum Gasteiger partial charge on any atom is 0.412 e. The SMILES string of the molecule is COc1nccc(C=O)c1NC(=O)OC(C)(C)C. The van der Waals surface area contributed by atoms with Gasteiger partial charge in [-0.05, 0) is 26.8 Å². The number of nitrogens with one attached hydrogen (secondary N) is 1. The predicted octanol–water partition coefficient (Wildman–Crippen LogP) is 2.25. The van der Waals surface area contributed by atoms with Crippen LogP contribution in [-0.4, -0.2) is 30.1 Å². The second kappa shape index (κ2) is 5.48. The van der Waals surface area contributed by atoms with Gasteiger partial charge in [-0.25, -0.2) is 9.78 Å². The third kappa shape index (κ3) is 3.73. The Bertz CT molecular complexity index is 452. The van der Waals surface area contributed by atoms with E-state index in [-0.39, 0.29) is 17.1 Å². The van der Waals surface area contributed by atoms with Gasteiger partial charge in [0, 0.05) is 11.8 Å². The first-order valence-corrected chi connectivity index (χ1v) is 5.35. The van der Waals surface area contributed by atoms with Crippen LogP contribution in [0.1, 0.15) is 31.1 Å². The molecule has 0 aromatic carbocycles. The number of methoxy groups -OCH3 is 1. The van der Waals surface area contributed by atoms with E-state index < -0.39 is 11.7 Å². The molecule has 18 heavy (non-hydrogen) atoms. The molecular weight excluding hydrogens is 236 g/mol. The lowest BCUT2D eigenvalue weighted by atomic mass is 10.2. The topological polar surface area (TPSA) is 77.5 Å². The van der Waals surface area contributed by atoms with Gasteiger partial charge in [-0.2, -0.15) is 0 Å². The van der Waals surface area contributed by atoms with E-state index in [1.54, 1.807) is 20.8 Å². The van der Waals surface area contributed by atoms with Crippen molar-refractivity contribution in [2.24, 2.45) is 0 Å². The number of aromatic nitrogens is 1. The summed E-state index contributed by atoms with van der Waals surface area (Å²) in [6.45, 7) is 5.23. The van der Waals surface area contributed by atoms with Crippen molar-refractivity contribution in [1.82, 2.24) is 4.98 Å². The van der Waals surface area contributed by atoms with Crippen molar-refractivity contribution < 1.29 is 19.1 Å². The van der Waals surface area contributed by atoms with Crippen LogP contribution in [0.5, 0.6) is 5.88 Å². The zero-order valence-corrected chi connectivity index (χ0v) is 10.8. The molecule has 1 aromatic rings. The third-order valence-corrected chi connectivity index (χ3v) is 1.89. The summed E-state index contributed by atoms with van der Waals surface area (Å²) < 4.78 is 10.1. The standard InChI is InChI=1S/C12H16N2O4/c1-12(2,3)18-11(16)14-9-8(7-15)5-6-13-10(9)17-4/h5-7H,1-4H3,(H,14,16). The van der Waals surface area contributed by atoms with Gasteiger partial charge in [-0.3, -0.25) is 10.1 Å². The molecule has 0 aliphatic rings. The van der Waals surface area contributed by atoms with E-state index in [0.29, 0.717) is 6.29 Å². The summed E-state index contributed by atoms with van der Waals surface area (Å²) in [5, 5.41) is 2.46. The van der Waals surface area contributed by atoms with Gasteiger partial charge in [-0.15, -0.1) is 0 Å². The van der Waals surface area contributed by atoms with Crippen LogP contribution in [0.4, 0.5) is 10.5 Å². The van der Waals surface area contributed by atoms with Gasteiger partial charge < -0.3 is 9.47 Å².